The molecule has 1 amide bonds. The van der Waals surface area contributed by atoms with Crippen molar-refractivity contribution >= 4 is 12.1 Å². The Morgan fingerprint density at radius 3 is 2.22 bits per heavy atom. The maximum Gasteiger partial charge on any atom is 0.410 e. The molecule has 1 saturated heterocycles. The Labute approximate surface area is 107 Å². The average Bonchev–Trinajstić information content (AvgIpc) is 2.72. The molecule has 0 unspecified atom stereocenters. The molecule has 0 aromatic heterocycles. The summed E-state index contributed by atoms with van der Waals surface area (Å²) in [6.07, 6.45) is -0.280. The average molecular weight is 255 g/mol. The highest BCUT2D eigenvalue weighted by Gasteiger charge is 2.61. The number of nitrogens with zero attached hydrogens (tertiary/aromatic N) is 1. The van der Waals surface area contributed by atoms with Gasteiger partial charge in [0.15, 0.2) is 0 Å². The Morgan fingerprint density at radius 2 is 1.78 bits per heavy atom. The molecule has 0 spiro atoms. The van der Waals surface area contributed by atoms with E-state index in [0.717, 1.165) is 0 Å². The van der Waals surface area contributed by atoms with Gasteiger partial charge in [0.2, 0.25) is 0 Å². The zero-order chi connectivity index (χ0) is 13.5. The van der Waals surface area contributed by atoms with Crippen LogP contribution in [0.25, 0.3) is 0 Å². The molecule has 102 valence electrons. The van der Waals surface area contributed by atoms with E-state index in [-0.39, 0.29) is 29.8 Å². The zero-order valence-electron chi connectivity index (χ0n) is 11.4. The highest BCUT2D eigenvalue weighted by molar-refractivity contribution is 5.78. The molecule has 1 aliphatic carbocycles. The van der Waals surface area contributed by atoms with Crippen LogP contribution in [0.1, 0.15) is 27.7 Å². The number of rotatable bonds is 2. The van der Waals surface area contributed by atoms with E-state index in [2.05, 4.69) is 0 Å². The summed E-state index contributed by atoms with van der Waals surface area (Å²) in [7, 11) is 0. The fourth-order valence-corrected chi connectivity index (χ4v) is 2.59. The van der Waals surface area contributed by atoms with Gasteiger partial charge in [0.25, 0.3) is 0 Å². The first-order valence-corrected chi connectivity index (χ1v) is 6.48. The number of hydrogen-bond acceptors (Lipinski definition) is 4. The lowest BCUT2D eigenvalue weighted by molar-refractivity contribution is -0.145. The van der Waals surface area contributed by atoms with Gasteiger partial charge in [-0.2, -0.15) is 0 Å². The highest BCUT2D eigenvalue weighted by atomic mass is 16.6. The van der Waals surface area contributed by atoms with Crippen molar-refractivity contribution in [3.8, 4) is 0 Å². The second-order valence-corrected chi connectivity index (χ2v) is 5.99. The third-order valence-electron chi connectivity index (χ3n) is 3.40. The summed E-state index contributed by atoms with van der Waals surface area (Å²) in [4.78, 5) is 25.1. The van der Waals surface area contributed by atoms with E-state index >= 15 is 0 Å². The maximum absolute atomic E-state index is 11.8. The fraction of sp³-hybridized carbons (Fsp3) is 0.846. The molecule has 3 atom stereocenters. The van der Waals surface area contributed by atoms with Crippen LogP contribution in [0.15, 0.2) is 0 Å². The van der Waals surface area contributed by atoms with Gasteiger partial charge in [-0.15, -0.1) is 0 Å². The Morgan fingerprint density at radius 1 is 1.22 bits per heavy atom. The summed E-state index contributed by atoms with van der Waals surface area (Å²) in [6, 6.07) is 0. The Balaban J connectivity index is 1.81. The molecule has 2 fully saturated rings. The van der Waals surface area contributed by atoms with Crippen LogP contribution in [0.4, 0.5) is 4.79 Å². The minimum atomic E-state index is -0.468. The molecule has 5 heteroatoms. The summed E-state index contributed by atoms with van der Waals surface area (Å²) in [5.41, 5.74) is -0.468. The number of esters is 1. The van der Waals surface area contributed by atoms with Gasteiger partial charge in [-0.25, -0.2) is 4.79 Å². The van der Waals surface area contributed by atoms with Crippen molar-refractivity contribution in [2.24, 2.45) is 17.8 Å². The second-order valence-electron chi connectivity index (χ2n) is 5.99. The SMILES string of the molecule is CCOC(=O)[C@H]1[C@@H]2CN(C(=O)OC(C)(C)C)C[C@@H]21. The van der Waals surface area contributed by atoms with Crippen LogP contribution in [-0.2, 0) is 14.3 Å². The van der Waals surface area contributed by atoms with Crippen molar-refractivity contribution in [3.05, 3.63) is 0 Å². The Bertz CT molecular complexity index is 348. The van der Waals surface area contributed by atoms with E-state index in [4.69, 9.17) is 9.47 Å². The summed E-state index contributed by atoms with van der Waals surface area (Å²) in [5.74, 6) is 0.438. The summed E-state index contributed by atoms with van der Waals surface area (Å²) >= 11 is 0. The van der Waals surface area contributed by atoms with Crippen molar-refractivity contribution in [1.82, 2.24) is 4.90 Å². The second kappa shape index (κ2) is 4.44. The van der Waals surface area contributed by atoms with Crippen molar-refractivity contribution < 1.29 is 19.1 Å². The van der Waals surface area contributed by atoms with Crippen LogP contribution in [0.3, 0.4) is 0 Å². The van der Waals surface area contributed by atoms with Crippen LogP contribution in [0.2, 0.25) is 0 Å². The first-order valence-electron chi connectivity index (χ1n) is 6.48. The fourth-order valence-electron chi connectivity index (χ4n) is 2.59. The minimum Gasteiger partial charge on any atom is -0.466 e. The topological polar surface area (TPSA) is 55.8 Å². The number of hydrogen-bond donors (Lipinski definition) is 0. The monoisotopic (exact) mass is 255 g/mol. The van der Waals surface area contributed by atoms with E-state index in [1.807, 2.05) is 27.7 Å². The van der Waals surface area contributed by atoms with Crippen LogP contribution in [0.5, 0.6) is 0 Å². The van der Waals surface area contributed by atoms with Gasteiger partial charge in [-0.1, -0.05) is 0 Å². The number of fused-ring (bicyclic) bond motifs is 1. The molecule has 0 N–H and O–H groups in total. The molecule has 1 aliphatic heterocycles. The third kappa shape index (κ3) is 2.60. The van der Waals surface area contributed by atoms with Crippen LogP contribution < -0.4 is 0 Å². The largest absolute Gasteiger partial charge is 0.466 e. The number of ether oxygens (including phenoxy) is 2. The summed E-state index contributed by atoms with van der Waals surface area (Å²) < 4.78 is 10.3. The van der Waals surface area contributed by atoms with Crippen LogP contribution >= 0.6 is 0 Å². The van der Waals surface area contributed by atoms with Gasteiger partial charge in [0.1, 0.15) is 5.60 Å². The third-order valence-corrected chi connectivity index (χ3v) is 3.40. The van der Waals surface area contributed by atoms with Gasteiger partial charge < -0.3 is 14.4 Å². The molecule has 0 bridgehead atoms. The number of likely N-dealkylation sites (tertiary alicyclic amines) is 1. The summed E-state index contributed by atoms with van der Waals surface area (Å²) in [6.45, 7) is 9.01. The predicted octanol–water partition coefficient (Wildman–Crippen LogP) is 1.66. The smallest absolute Gasteiger partial charge is 0.410 e. The first kappa shape index (κ1) is 13.2. The number of carbonyl (C=O) groups excluding carboxylic acids is 2. The molecular weight excluding hydrogens is 234 g/mol. The quantitative estimate of drug-likeness (QED) is 0.704. The number of carbonyl (C=O) groups is 2. The van der Waals surface area contributed by atoms with Crippen molar-refractivity contribution in [3.63, 3.8) is 0 Å². The standard InChI is InChI=1S/C13H21NO4/c1-5-17-11(15)10-8-6-14(7-9(8)10)12(16)18-13(2,3)4/h8-10H,5-7H2,1-4H3/t8-,9+,10+. The normalized spacial score (nSPS) is 29.8. The molecule has 18 heavy (non-hydrogen) atoms. The number of piperidine rings is 1. The lowest BCUT2D eigenvalue weighted by Gasteiger charge is -2.25. The van der Waals surface area contributed by atoms with Gasteiger partial charge in [-0.3, -0.25) is 4.79 Å². The predicted molar refractivity (Wildman–Crippen MR) is 64.9 cm³/mol. The molecular formula is C13H21NO4. The van der Waals surface area contributed by atoms with Crippen LogP contribution in [-0.4, -0.2) is 42.3 Å². The van der Waals surface area contributed by atoms with E-state index in [0.29, 0.717) is 19.7 Å². The van der Waals surface area contributed by atoms with E-state index in [1.54, 1.807) is 4.90 Å². The van der Waals surface area contributed by atoms with Gasteiger partial charge in [0.05, 0.1) is 12.5 Å². The molecule has 0 radical (unpaired) electrons. The molecule has 5 nitrogen and oxygen atoms in total. The molecule has 0 aromatic carbocycles. The first-order chi connectivity index (χ1) is 8.33. The molecule has 0 aromatic rings. The number of amides is 1. The molecule has 1 saturated carbocycles. The van der Waals surface area contributed by atoms with Crippen molar-refractivity contribution in [2.45, 2.75) is 33.3 Å². The molecule has 2 aliphatic rings. The van der Waals surface area contributed by atoms with Gasteiger partial charge in [-0.05, 0) is 39.5 Å². The maximum atomic E-state index is 11.8. The van der Waals surface area contributed by atoms with E-state index < -0.39 is 5.60 Å². The lowest BCUT2D eigenvalue weighted by atomic mass is 10.2. The minimum absolute atomic E-state index is 0.00337. The molecule has 1 heterocycles. The van der Waals surface area contributed by atoms with Gasteiger partial charge >= 0.3 is 12.1 Å². The lowest BCUT2D eigenvalue weighted by Crippen LogP contribution is -2.37. The Hall–Kier alpha value is -1.26. The van der Waals surface area contributed by atoms with E-state index in [1.165, 1.54) is 0 Å². The zero-order valence-corrected chi connectivity index (χ0v) is 11.4. The Kier molecular flexibility index (Phi) is 3.25. The van der Waals surface area contributed by atoms with Crippen molar-refractivity contribution in [1.29, 1.82) is 0 Å². The summed E-state index contributed by atoms with van der Waals surface area (Å²) in [5, 5.41) is 0. The van der Waals surface area contributed by atoms with Crippen molar-refractivity contribution in [2.75, 3.05) is 19.7 Å². The highest BCUT2D eigenvalue weighted by Crippen LogP contribution is 2.52. The van der Waals surface area contributed by atoms with Crippen LogP contribution in [0, 0.1) is 17.8 Å². The van der Waals surface area contributed by atoms with E-state index in [9.17, 15) is 9.59 Å². The van der Waals surface area contributed by atoms with Gasteiger partial charge in [0, 0.05) is 13.1 Å². The molecule has 2 rings (SSSR count).